The third-order valence-corrected chi connectivity index (χ3v) is 4.17. The molecule has 2 rings (SSSR count). The average molecular weight is 286 g/mol. The van der Waals surface area contributed by atoms with Gasteiger partial charge in [0.05, 0.1) is 17.4 Å². The van der Waals surface area contributed by atoms with Crippen molar-refractivity contribution in [2.75, 3.05) is 18.0 Å². The predicted molar refractivity (Wildman–Crippen MR) is 82.3 cm³/mol. The Labute approximate surface area is 126 Å². The molecule has 4 nitrogen and oxygen atoms in total. The molecule has 112 valence electrons. The Morgan fingerprint density at radius 1 is 1.48 bits per heavy atom. The Bertz CT molecular complexity index is 560. The van der Waals surface area contributed by atoms with Crippen LogP contribution in [0.1, 0.15) is 44.6 Å². The standard InChI is InChI=1S/C17H22N2O2/c1-17(2,12-18)9-5-10-19-11-8-14(16(20)21)13-6-3-4-7-15(13)19/h3-4,6-7,14H,5,8-11H2,1-2H3,(H,20,21). The van der Waals surface area contributed by atoms with Crippen LogP contribution in [-0.2, 0) is 4.79 Å². The van der Waals surface area contributed by atoms with Crippen molar-refractivity contribution < 1.29 is 9.90 Å². The van der Waals surface area contributed by atoms with Crippen molar-refractivity contribution in [3.05, 3.63) is 29.8 Å². The molecular formula is C17H22N2O2. The lowest BCUT2D eigenvalue weighted by molar-refractivity contribution is -0.139. The molecule has 1 N–H and O–H groups in total. The van der Waals surface area contributed by atoms with E-state index in [1.54, 1.807) is 0 Å². The molecule has 0 saturated carbocycles. The molecule has 1 atom stereocenters. The Kier molecular flexibility index (Phi) is 4.52. The van der Waals surface area contributed by atoms with Gasteiger partial charge in [-0.25, -0.2) is 0 Å². The smallest absolute Gasteiger partial charge is 0.311 e. The van der Waals surface area contributed by atoms with E-state index in [0.717, 1.165) is 37.2 Å². The lowest BCUT2D eigenvalue weighted by atomic mass is 9.88. The summed E-state index contributed by atoms with van der Waals surface area (Å²) in [6.07, 6.45) is 2.44. The number of carbonyl (C=O) groups is 1. The summed E-state index contributed by atoms with van der Waals surface area (Å²) < 4.78 is 0. The number of aliphatic carboxylic acids is 1. The van der Waals surface area contributed by atoms with Crippen molar-refractivity contribution in [3.8, 4) is 6.07 Å². The van der Waals surface area contributed by atoms with Crippen LogP contribution in [0.2, 0.25) is 0 Å². The van der Waals surface area contributed by atoms with E-state index in [4.69, 9.17) is 5.26 Å². The highest BCUT2D eigenvalue weighted by atomic mass is 16.4. The first-order valence-electron chi connectivity index (χ1n) is 7.42. The van der Waals surface area contributed by atoms with Crippen molar-refractivity contribution in [2.24, 2.45) is 5.41 Å². The maximum Gasteiger partial charge on any atom is 0.311 e. The van der Waals surface area contributed by atoms with Gasteiger partial charge in [0.15, 0.2) is 0 Å². The second-order valence-electron chi connectivity index (χ2n) is 6.32. The van der Waals surface area contributed by atoms with Gasteiger partial charge in [0.2, 0.25) is 0 Å². The van der Waals surface area contributed by atoms with Crippen LogP contribution in [-0.4, -0.2) is 24.2 Å². The molecule has 0 spiro atoms. The lowest BCUT2D eigenvalue weighted by Gasteiger charge is -2.34. The van der Waals surface area contributed by atoms with Crippen LogP contribution in [0.25, 0.3) is 0 Å². The molecule has 1 heterocycles. The molecule has 0 aliphatic carbocycles. The van der Waals surface area contributed by atoms with Gasteiger partial charge in [0, 0.05) is 18.8 Å². The minimum Gasteiger partial charge on any atom is -0.481 e. The lowest BCUT2D eigenvalue weighted by Crippen LogP contribution is -2.34. The normalized spacial score (nSPS) is 18.0. The molecule has 0 aromatic heterocycles. The molecule has 0 amide bonds. The quantitative estimate of drug-likeness (QED) is 0.901. The summed E-state index contributed by atoms with van der Waals surface area (Å²) in [5, 5.41) is 18.4. The summed E-state index contributed by atoms with van der Waals surface area (Å²) in [5.41, 5.74) is 1.65. The summed E-state index contributed by atoms with van der Waals surface area (Å²) in [7, 11) is 0. The topological polar surface area (TPSA) is 64.3 Å². The summed E-state index contributed by atoms with van der Waals surface area (Å²) in [6, 6.07) is 10.1. The third-order valence-electron chi connectivity index (χ3n) is 4.17. The molecule has 0 radical (unpaired) electrons. The Morgan fingerprint density at radius 3 is 2.86 bits per heavy atom. The van der Waals surface area contributed by atoms with Gasteiger partial charge in [0.1, 0.15) is 0 Å². The van der Waals surface area contributed by atoms with E-state index in [9.17, 15) is 9.90 Å². The van der Waals surface area contributed by atoms with Crippen LogP contribution in [0.3, 0.4) is 0 Å². The third kappa shape index (κ3) is 3.55. The van der Waals surface area contributed by atoms with Gasteiger partial charge in [0.25, 0.3) is 0 Å². The maximum atomic E-state index is 11.4. The highest BCUT2D eigenvalue weighted by Gasteiger charge is 2.29. The number of rotatable bonds is 5. The molecule has 1 aromatic carbocycles. The molecule has 21 heavy (non-hydrogen) atoms. The molecular weight excluding hydrogens is 264 g/mol. The second kappa shape index (κ2) is 6.17. The van der Waals surface area contributed by atoms with Crippen LogP contribution in [0.5, 0.6) is 0 Å². The van der Waals surface area contributed by atoms with Crippen LogP contribution in [0.15, 0.2) is 24.3 Å². The summed E-state index contributed by atoms with van der Waals surface area (Å²) >= 11 is 0. The Morgan fingerprint density at radius 2 is 2.19 bits per heavy atom. The monoisotopic (exact) mass is 286 g/mol. The average Bonchev–Trinajstić information content (AvgIpc) is 2.47. The molecule has 0 saturated heterocycles. The van der Waals surface area contributed by atoms with Gasteiger partial charge in [-0.15, -0.1) is 0 Å². The number of anilines is 1. The molecule has 4 heteroatoms. The fraction of sp³-hybridized carbons (Fsp3) is 0.529. The number of fused-ring (bicyclic) bond motifs is 1. The molecule has 1 aliphatic rings. The number of para-hydroxylation sites is 1. The van der Waals surface area contributed by atoms with Gasteiger partial charge in [-0.05, 0) is 44.7 Å². The minimum atomic E-state index is -0.743. The van der Waals surface area contributed by atoms with E-state index in [2.05, 4.69) is 11.0 Å². The van der Waals surface area contributed by atoms with E-state index in [-0.39, 0.29) is 5.41 Å². The maximum absolute atomic E-state index is 11.4. The van der Waals surface area contributed by atoms with E-state index < -0.39 is 11.9 Å². The van der Waals surface area contributed by atoms with Gasteiger partial charge in [-0.1, -0.05) is 18.2 Å². The zero-order valence-corrected chi connectivity index (χ0v) is 12.7. The summed E-state index contributed by atoms with van der Waals surface area (Å²) in [6.45, 7) is 5.55. The Balaban J connectivity index is 2.08. The number of carboxylic acid groups (broad SMARTS) is 1. The number of benzene rings is 1. The molecule has 1 aromatic rings. The summed E-state index contributed by atoms with van der Waals surface area (Å²) in [4.78, 5) is 13.6. The number of hydrogen-bond donors (Lipinski definition) is 1. The molecule has 0 bridgehead atoms. The molecule has 0 fully saturated rings. The fourth-order valence-corrected chi connectivity index (χ4v) is 2.89. The zero-order valence-electron chi connectivity index (χ0n) is 12.7. The Hall–Kier alpha value is -2.02. The van der Waals surface area contributed by atoms with Crippen molar-refractivity contribution in [2.45, 2.75) is 39.0 Å². The number of hydrogen-bond acceptors (Lipinski definition) is 3. The van der Waals surface area contributed by atoms with Crippen molar-refractivity contribution in [3.63, 3.8) is 0 Å². The van der Waals surface area contributed by atoms with Crippen LogP contribution >= 0.6 is 0 Å². The van der Waals surface area contributed by atoms with Gasteiger partial charge in [-0.3, -0.25) is 4.79 Å². The first kappa shape index (κ1) is 15.4. The van der Waals surface area contributed by atoms with E-state index in [1.807, 2.05) is 38.1 Å². The first-order valence-corrected chi connectivity index (χ1v) is 7.42. The predicted octanol–water partition coefficient (Wildman–Crippen LogP) is 3.39. The SMILES string of the molecule is CC(C)(C#N)CCCN1CCC(C(=O)O)c2ccccc21. The van der Waals surface area contributed by atoms with Gasteiger partial charge >= 0.3 is 5.97 Å². The van der Waals surface area contributed by atoms with Crippen molar-refractivity contribution in [1.29, 1.82) is 5.26 Å². The fourth-order valence-electron chi connectivity index (χ4n) is 2.89. The summed E-state index contributed by atoms with van der Waals surface area (Å²) in [5.74, 6) is -1.14. The number of nitriles is 1. The largest absolute Gasteiger partial charge is 0.481 e. The number of carboxylic acids is 1. The van der Waals surface area contributed by atoms with Crippen LogP contribution < -0.4 is 4.90 Å². The second-order valence-corrected chi connectivity index (χ2v) is 6.32. The molecule has 1 unspecified atom stereocenters. The van der Waals surface area contributed by atoms with E-state index >= 15 is 0 Å². The number of nitrogens with zero attached hydrogens (tertiary/aromatic N) is 2. The van der Waals surface area contributed by atoms with Crippen LogP contribution in [0.4, 0.5) is 5.69 Å². The van der Waals surface area contributed by atoms with E-state index in [1.165, 1.54) is 0 Å². The van der Waals surface area contributed by atoms with Gasteiger partial charge < -0.3 is 10.0 Å². The van der Waals surface area contributed by atoms with Crippen LogP contribution in [0, 0.1) is 16.7 Å². The highest BCUT2D eigenvalue weighted by Crippen LogP contribution is 2.35. The van der Waals surface area contributed by atoms with Crippen molar-refractivity contribution in [1.82, 2.24) is 0 Å². The first-order chi connectivity index (χ1) is 9.94. The van der Waals surface area contributed by atoms with Crippen molar-refractivity contribution >= 4 is 11.7 Å². The minimum absolute atomic E-state index is 0.293. The van der Waals surface area contributed by atoms with Gasteiger partial charge in [-0.2, -0.15) is 5.26 Å². The highest BCUT2D eigenvalue weighted by molar-refractivity contribution is 5.80. The van der Waals surface area contributed by atoms with E-state index in [0.29, 0.717) is 6.42 Å². The molecule has 1 aliphatic heterocycles. The zero-order chi connectivity index (χ0) is 15.5.